The van der Waals surface area contributed by atoms with Gasteiger partial charge >= 0.3 is 0 Å². The molecule has 168 valence electrons. The van der Waals surface area contributed by atoms with Crippen LogP contribution in [-0.4, -0.2) is 45.8 Å². The van der Waals surface area contributed by atoms with E-state index in [2.05, 4.69) is 15.3 Å². The van der Waals surface area contributed by atoms with E-state index < -0.39 is 18.1 Å². The number of ether oxygens (including phenoxy) is 2. The molecule has 0 aliphatic carbocycles. The van der Waals surface area contributed by atoms with Crippen molar-refractivity contribution in [3.63, 3.8) is 0 Å². The number of benzene rings is 1. The molecule has 0 radical (unpaired) electrons. The van der Waals surface area contributed by atoms with Crippen LogP contribution < -0.4 is 15.0 Å². The summed E-state index contributed by atoms with van der Waals surface area (Å²) in [4.78, 5) is 33.3. The summed E-state index contributed by atoms with van der Waals surface area (Å²) in [6.07, 6.45) is 2.14. The molecule has 1 heterocycles. The molecule has 0 aliphatic heterocycles. The number of amides is 2. The van der Waals surface area contributed by atoms with Crippen LogP contribution in [0.1, 0.15) is 46.1 Å². The summed E-state index contributed by atoms with van der Waals surface area (Å²) >= 11 is 0. The van der Waals surface area contributed by atoms with Crippen LogP contribution >= 0.6 is 0 Å². The third-order valence-corrected chi connectivity index (χ3v) is 4.33. The number of hydrogen-bond donors (Lipinski definition) is 2. The highest BCUT2D eigenvalue weighted by Gasteiger charge is 2.22. The van der Waals surface area contributed by atoms with E-state index in [1.165, 1.54) is 27.0 Å². The van der Waals surface area contributed by atoms with E-state index in [1.807, 2.05) is 37.3 Å². The van der Waals surface area contributed by atoms with Crippen LogP contribution in [0.3, 0.4) is 0 Å². The van der Waals surface area contributed by atoms with Crippen molar-refractivity contribution in [3.05, 3.63) is 42.1 Å². The van der Waals surface area contributed by atoms with Crippen molar-refractivity contribution in [3.8, 4) is 5.75 Å². The van der Waals surface area contributed by atoms with Gasteiger partial charge in [0.25, 0.3) is 0 Å². The fourth-order valence-corrected chi connectivity index (χ4v) is 2.91. The molecule has 2 N–H and O–H groups in total. The number of imide groups is 1. The molecular weight excluding hydrogens is 400 g/mol. The quantitative estimate of drug-likeness (QED) is 0.523. The van der Waals surface area contributed by atoms with Crippen LogP contribution in [-0.2, 0) is 20.9 Å². The molecule has 9 nitrogen and oxygen atoms in total. The van der Waals surface area contributed by atoms with Crippen molar-refractivity contribution in [1.82, 2.24) is 9.97 Å². The molecular formula is C22H30N4O5. The molecule has 31 heavy (non-hydrogen) atoms. The zero-order chi connectivity index (χ0) is 22.8. The largest absolute Gasteiger partial charge is 0.483 e. The third kappa shape index (κ3) is 7.62. The van der Waals surface area contributed by atoms with Crippen LogP contribution in [0.5, 0.6) is 5.75 Å². The van der Waals surface area contributed by atoms with E-state index in [-0.39, 0.29) is 18.6 Å². The second-order valence-corrected chi connectivity index (χ2v) is 7.09. The number of carbonyl (C=O) groups excluding carboxylic acids is 2. The number of nitrogens with zero attached hydrogens (tertiary/aromatic N) is 3. The molecule has 0 fully saturated rings. The second-order valence-electron chi connectivity index (χ2n) is 7.09. The lowest BCUT2D eigenvalue weighted by molar-refractivity contribution is -0.124. The first-order chi connectivity index (χ1) is 14.8. The lowest BCUT2D eigenvalue weighted by atomic mass is 10.2. The van der Waals surface area contributed by atoms with Gasteiger partial charge in [0.1, 0.15) is 6.61 Å². The molecule has 2 atom stereocenters. The molecule has 0 saturated carbocycles. The van der Waals surface area contributed by atoms with E-state index in [9.17, 15) is 14.7 Å². The third-order valence-electron chi connectivity index (χ3n) is 4.33. The van der Waals surface area contributed by atoms with Gasteiger partial charge in [-0.05, 0) is 18.9 Å². The fraction of sp³-hybridized carbons (Fsp3) is 0.455. The number of carbonyl (C=O) groups is 2. The number of aliphatic hydroxyl groups is 1. The van der Waals surface area contributed by atoms with Crippen LogP contribution in [0.25, 0.3) is 0 Å². The van der Waals surface area contributed by atoms with Crippen molar-refractivity contribution in [2.75, 3.05) is 16.8 Å². The van der Waals surface area contributed by atoms with E-state index in [4.69, 9.17) is 9.47 Å². The Hall–Kier alpha value is -3.04. The topological polar surface area (TPSA) is 114 Å². The Balaban J connectivity index is 2.33. The monoisotopic (exact) mass is 430 g/mol. The molecule has 2 rings (SSSR count). The Morgan fingerprint density at radius 2 is 1.87 bits per heavy atom. The normalized spacial score (nSPS) is 12.7. The predicted molar refractivity (Wildman–Crippen MR) is 117 cm³/mol. The molecule has 0 bridgehead atoms. The summed E-state index contributed by atoms with van der Waals surface area (Å²) in [5, 5.41) is 12.7. The fourth-order valence-electron chi connectivity index (χ4n) is 2.91. The molecule has 9 heteroatoms. The molecule has 2 amide bonds. The molecule has 2 aromatic rings. The highest BCUT2D eigenvalue weighted by atomic mass is 16.6. The minimum atomic E-state index is -0.901. The van der Waals surface area contributed by atoms with Gasteiger partial charge in [-0.1, -0.05) is 43.7 Å². The van der Waals surface area contributed by atoms with Gasteiger partial charge in [0.15, 0.2) is 17.9 Å². The maximum Gasteiger partial charge on any atom is 0.241 e. The smallest absolute Gasteiger partial charge is 0.241 e. The number of aliphatic hydroxyl groups excluding tert-OH is 1. The van der Waals surface area contributed by atoms with Gasteiger partial charge in [-0.15, -0.1) is 0 Å². The van der Waals surface area contributed by atoms with Crippen LogP contribution in [0.2, 0.25) is 0 Å². The van der Waals surface area contributed by atoms with Gasteiger partial charge < -0.3 is 19.9 Å². The Labute approximate surface area is 182 Å². The minimum Gasteiger partial charge on any atom is -0.483 e. The van der Waals surface area contributed by atoms with Gasteiger partial charge in [0, 0.05) is 13.8 Å². The summed E-state index contributed by atoms with van der Waals surface area (Å²) in [6, 6.07) is 9.45. The summed E-state index contributed by atoms with van der Waals surface area (Å²) in [7, 11) is 0. The SMILES string of the molecule is CCC[C@@H](COC(C)O)Nc1nc(N(C(C)=O)C(C)=O)ncc1OCc1ccccc1. The van der Waals surface area contributed by atoms with Crippen LogP contribution in [0.4, 0.5) is 11.8 Å². The zero-order valence-electron chi connectivity index (χ0n) is 18.4. The number of aromatic nitrogens is 2. The Bertz CT molecular complexity index is 846. The summed E-state index contributed by atoms with van der Waals surface area (Å²) in [5.74, 6) is -0.307. The van der Waals surface area contributed by atoms with Crippen LogP contribution in [0.15, 0.2) is 36.5 Å². The molecule has 1 aromatic carbocycles. The first-order valence-electron chi connectivity index (χ1n) is 10.2. The molecule has 0 aliphatic rings. The maximum atomic E-state index is 11.9. The zero-order valence-corrected chi connectivity index (χ0v) is 18.4. The van der Waals surface area contributed by atoms with Crippen molar-refractivity contribution in [2.45, 2.75) is 59.5 Å². The number of anilines is 2. The Kier molecular flexibility index (Phi) is 9.36. The lowest BCUT2D eigenvalue weighted by Gasteiger charge is -2.23. The van der Waals surface area contributed by atoms with Gasteiger partial charge in [-0.25, -0.2) is 9.88 Å². The van der Waals surface area contributed by atoms with Crippen LogP contribution in [0, 0.1) is 0 Å². The van der Waals surface area contributed by atoms with E-state index in [0.717, 1.165) is 23.3 Å². The molecule has 1 unspecified atom stereocenters. The Morgan fingerprint density at radius 3 is 2.45 bits per heavy atom. The first-order valence-corrected chi connectivity index (χ1v) is 10.2. The standard InChI is InChI=1S/C22H30N4O5/c1-5-9-19(14-30-17(4)29)24-21-20(31-13-18-10-7-6-8-11-18)12-23-22(25-21)26(15(2)27)16(3)28/h6-8,10-12,17,19,29H,5,9,13-14H2,1-4H3,(H,23,24,25)/t17?,19-/m0/s1. The number of rotatable bonds is 11. The molecule has 1 aromatic heterocycles. The van der Waals surface area contributed by atoms with Gasteiger partial charge in [0.05, 0.1) is 18.8 Å². The van der Waals surface area contributed by atoms with Gasteiger partial charge in [-0.3, -0.25) is 9.59 Å². The van der Waals surface area contributed by atoms with E-state index in [1.54, 1.807) is 0 Å². The summed E-state index contributed by atoms with van der Waals surface area (Å²) < 4.78 is 11.3. The van der Waals surface area contributed by atoms with E-state index >= 15 is 0 Å². The molecule has 0 spiro atoms. The average molecular weight is 431 g/mol. The van der Waals surface area contributed by atoms with Gasteiger partial charge in [-0.2, -0.15) is 4.98 Å². The minimum absolute atomic E-state index is 0.0405. The highest BCUT2D eigenvalue weighted by molar-refractivity contribution is 6.11. The maximum absolute atomic E-state index is 11.9. The predicted octanol–water partition coefficient (Wildman–Crippen LogP) is 2.89. The Morgan fingerprint density at radius 1 is 1.19 bits per heavy atom. The lowest BCUT2D eigenvalue weighted by Crippen LogP contribution is -2.35. The van der Waals surface area contributed by atoms with Crippen molar-refractivity contribution >= 4 is 23.6 Å². The summed E-state index contributed by atoms with van der Waals surface area (Å²) in [5.41, 5.74) is 0.967. The van der Waals surface area contributed by atoms with Crippen molar-refractivity contribution in [2.24, 2.45) is 0 Å². The average Bonchev–Trinajstić information content (AvgIpc) is 2.72. The first kappa shape index (κ1) is 24.2. The summed E-state index contributed by atoms with van der Waals surface area (Å²) in [6.45, 7) is 6.65. The molecule has 0 saturated heterocycles. The highest BCUT2D eigenvalue weighted by Crippen LogP contribution is 2.26. The van der Waals surface area contributed by atoms with E-state index in [0.29, 0.717) is 18.2 Å². The number of nitrogens with one attached hydrogen (secondary N) is 1. The van der Waals surface area contributed by atoms with Crippen molar-refractivity contribution in [1.29, 1.82) is 0 Å². The second kappa shape index (κ2) is 12.0. The van der Waals surface area contributed by atoms with Gasteiger partial charge in [0.2, 0.25) is 17.8 Å². The number of hydrogen-bond acceptors (Lipinski definition) is 8. The van der Waals surface area contributed by atoms with Crippen molar-refractivity contribution < 1.29 is 24.2 Å².